The van der Waals surface area contributed by atoms with Crippen LogP contribution in [0.5, 0.6) is 0 Å². The third-order valence-electron chi connectivity index (χ3n) is 2.86. The van der Waals surface area contributed by atoms with Crippen LogP contribution in [0.1, 0.15) is 11.4 Å². The number of rotatable bonds is 4. The van der Waals surface area contributed by atoms with Gasteiger partial charge in [0.2, 0.25) is 5.82 Å². The van der Waals surface area contributed by atoms with Crippen LogP contribution < -0.4 is 10.6 Å². The zero-order chi connectivity index (χ0) is 15.5. The van der Waals surface area contributed by atoms with Crippen LogP contribution in [-0.2, 0) is 12.6 Å². The van der Waals surface area contributed by atoms with Crippen LogP contribution in [0.25, 0.3) is 0 Å². The Balaban J connectivity index is 2.12. The number of hydrogen-bond acceptors (Lipinski definition) is 5. The number of nitrogens with zero attached hydrogens (tertiary/aromatic N) is 4. The molecule has 0 aliphatic carbocycles. The highest BCUT2D eigenvalue weighted by atomic mass is 19.4. The molecule has 5 nitrogen and oxygen atoms in total. The van der Waals surface area contributed by atoms with E-state index in [0.717, 1.165) is 5.56 Å². The molecule has 8 heteroatoms. The van der Waals surface area contributed by atoms with Crippen LogP contribution in [-0.4, -0.2) is 28.5 Å². The molecule has 0 atom stereocenters. The highest BCUT2D eigenvalue weighted by Gasteiger charge is 2.35. The average molecular weight is 297 g/mol. The van der Waals surface area contributed by atoms with Gasteiger partial charge in [0.1, 0.15) is 11.6 Å². The summed E-state index contributed by atoms with van der Waals surface area (Å²) in [4.78, 5) is 12.2. The van der Waals surface area contributed by atoms with Crippen molar-refractivity contribution in [3.63, 3.8) is 0 Å². The monoisotopic (exact) mass is 297 g/mol. The second kappa shape index (κ2) is 5.94. The summed E-state index contributed by atoms with van der Waals surface area (Å²) in [5.74, 6) is -1.29. The predicted molar refractivity (Wildman–Crippen MR) is 72.7 cm³/mol. The molecule has 2 heterocycles. The van der Waals surface area contributed by atoms with Crippen molar-refractivity contribution in [1.82, 2.24) is 15.0 Å². The maximum absolute atomic E-state index is 12.7. The number of nitrogens with two attached hydrogens (primary N) is 1. The van der Waals surface area contributed by atoms with Gasteiger partial charge in [0.15, 0.2) is 0 Å². The summed E-state index contributed by atoms with van der Waals surface area (Å²) in [6.07, 6.45) is -0.625. The van der Waals surface area contributed by atoms with Gasteiger partial charge < -0.3 is 10.6 Å². The highest BCUT2D eigenvalue weighted by molar-refractivity contribution is 5.46. The zero-order valence-electron chi connectivity index (χ0n) is 11.3. The maximum atomic E-state index is 12.7. The van der Waals surface area contributed by atoms with E-state index in [1.807, 2.05) is 12.1 Å². The Morgan fingerprint density at radius 3 is 2.48 bits per heavy atom. The largest absolute Gasteiger partial charge is 0.451 e. The summed E-state index contributed by atoms with van der Waals surface area (Å²) in [5, 5.41) is 0. The van der Waals surface area contributed by atoms with Gasteiger partial charge in [-0.05, 0) is 24.1 Å². The van der Waals surface area contributed by atoms with Crippen LogP contribution >= 0.6 is 0 Å². The van der Waals surface area contributed by atoms with E-state index in [4.69, 9.17) is 5.73 Å². The van der Waals surface area contributed by atoms with Crippen LogP contribution in [0, 0.1) is 0 Å². The van der Waals surface area contributed by atoms with Crippen molar-refractivity contribution >= 4 is 11.6 Å². The smallest absolute Gasteiger partial charge is 0.384 e. The summed E-state index contributed by atoms with van der Waals surface area (Å²) in [6, 6.07) is 5.02. The number of aromatic nitrogens is 3. The van der Waals surface area contributed by atoms with Crippen LogP contribution in [0.3, 0.4) is 0 Å². The summed E-state index contributed by atoms with van der Waals surface area (Å²) in [6.45, 7) is 0.498. The minimum Gasteiger partial charge on any atom is -0.384 e. The first kappa shape index (κ1) is 15.0. The lowest BCUT2D eigenvalue weighted by Crippen LogP contribution is -2.24. The Morgan fingerprint density at radius 1 is 1.19 bits per heavy atom. The lowest BCUT2D eigenvalue weighted by atomic mass is 10.2. The standard InChI is InChI=1S/C13H14F3N5/c1-21(7-4-9-2-5-18-6-3-9)11-8-10(17)19-12(20-11)13(14,15)16/h2-3,5-6,8H,4,7H2,1H3,(H2,17,19,20). The molecule has 0 aromatic carbocycles. The van der Waals surface area contributed by atoms with E-state index in [-0.39, 0.29) is 11.6 Å². The Bertz CT molecular complexity index is 601. The molecule has 2 aromatic rings. The normalized spacial score (nSPS) is 11.4. The van der Waals surface area contributed by atoms with Crippen molar-refractivity contribution in [2.45, 2.75) is 12.6 Å². The fourth-order valence-electron chi connectivity index (χ4n) is 1.74. The first-order valence-electron chi connectivity index (χ1n) is 6.18. The Kier molecular flexibility index (Phi) is 4.25. The number of nitrogen functional groups attached to an aromatic ring is 1. The molecule has 2 rings (SSSR count). The molecule has 2 N–H and O–H groups in total. The van der Waals surface area contributed by atoms with Gasteiger partial charge in [0.05, 0.1) is 0 Å². The number of likely N-dealkylation sites (N-methyl/N-ethyl adjacent to an activating group) is 1. The predicted octanol–water partition coefficient (Wildman–Crippen LogP) is 2.15. The van der Waals surface area contributed by atoms with E-state index in [1.165, 1.54) is 6.07 Å². The van der Waals surface area contributed by atoms with Crippen molar-refractivity contribution in [3.8, 4) is 0 Å². The number of hydrogen-bond donors (Lipinski definition) is 1. The molecular weight excluding hydrogens is 283 g/mol. The molecule has 112 valence electrons. The molecule has 0 fully saturated rings. The van der Waals surface area contributed by atoms with E-state index >= 15 is 0 Å². The van der Waals surface area contributed by atoms with Gasteiger partial charge in [0.25, 0.3) is 0 Å². The molecule has 21 heavy (non-hydrogen) atoms. The minimum atomic E-state index is -4.62. The number of halogens is 3. The summed E-state index contributed by atoms with van der Waals surface area (Å²) in [5.41, 5.74) is 6.45. The van der Waals surface area contributed by atoms with Gasteiger partial charge in [-0.3, -0.25) is 4.98 Å². The zero-order valence-corrected chi connectivity index (χ0v) is 11.3. The summed E-state index contributed by atoms with van der Waals surface area (Å²) >= 11 is 0. The minimum absolute atomic E-state index is 0.142. The van der Waals surface area contributed by atoms with Crippen molar-refractivity contribution in [2.24, 2.45) is 0 Å². The molecule has 0 spiro atoms. The second-order valence-corrected chi connectivity index (χ2v) is 4.50. The molecule has 0 saturated carbocycles. The van der Waals surface area contributed by atoms with E-state index in [9.17, 15) is 13.2 Å². The quantitative estimate of drug-likeness (QED) is 0.936. The van der Waals surface area contributed by atoms with E-state index in [1.54, 1.807) is 24.3 Å². The number of alkyl halides is 3. The van der Waals surface area contributed by atoms with Crippen LogP contribution in [0.2, 0.25) is 0 Å². The second-order valence-electron chi connectivity index (χ2n) is 4.50. The fraction of sp³-hybridized carbons (Fsp3) is 0.308. The molecule has 0 aliphatic heterocycles. The average Bonchev–Trinajstić information content (AvgIpc) is 2.44. The molecule has 0 unspecified atom stereocenters. The van der Waals surface area contributed by atoms with Crippen LogP contribution in [0.4, 0.5) is 24.8 Å². The molecule has 0 saturated heterocycles. The highest BCUT2D eigenvalue weighted by Crippen LogP contribution is 2.28. The third-order valence-corrected chi connectivity index (χ3v) is 2.86. The topological polar surface area (TPSA) is 67.9 Å². The van der Waals surface area contributed by atoms with Crippen molar-refractivity contribution in [1.29, 1.82) is 0 Å². The van der Waals surface area contributed by atoms with Crippen molar-refractivity contribution < 1.29 is 13.2 Å². The first-order valence-corrected chi connectivity index (χ1v) is 6.18. The summed E-state index contributed by atoms with van der Waals surface area (Å²) in [7, 11) is 1.66. The molecular formula is C13H14F3N5. The molecule has 2 aromatic heterocycles. The van der Waals surface area contributed by atoms with E-state index in [0.29, 0.717) is 13.0 Å². The third kappa shape index (κ3) is 4.04. The lowest BCUT2D eigenvalue weighted by Gasteiger charge is -2.19. The van der Waals surface area contributed by atoms with Crippen LogP contribution in [0.15, 0.2) is 30.6 Å². The van der Waals surface area contributed by atoms with Gasteiger partial charge in [-0.2, -0.15) is 13.2 Å². The Morgan fingerprint density at radius 2 is 1.86 bits per heavy atom. The lowest BCUT2D eigenvalue weighted by molar-refractivity contribution is -0.144. The van der Waals surface area contributed by atoms with Gasteiger partial charge >= 0.3 is 6.18 Å². The number of pyridine rings is 1. The SMILES string of the molecule is CN(CCc1ccncc1)c1cc(N)nc(C(F)(F)F)n1. The van der Waals surface area contributed by atoms with Crippen molar-refractivity contribution in [2.75, 3.05) is 24.2 Å². The van der Waals surface area contributed by atoms with Gasteiger partial charge in [-0.1, -0.05) is 0 Å². The maximum Gasteiger partial charge on any atom is 0.451 e. The van der Waals surface area contributed by atoms with Crippen molar-refractivity contribution in [3.05, 3.63) is 42.0 Å². The van der Waals surface area contributed by atoms with E-state index < -0.39 is 12.0 Å². The molecule has 0 radical (unpaired) electrons. The molecule has 0 aliphatic rings. The van der Waals surface area contributed by atoms with Gasteiger partial charge in [-0.25, -0.2) is 9.97 Å². The molecule has 0 bridgehead atoms. The number of anilines is 2. The van der Waals surface area contributed by atoms with E-state index in [2.05, 4.69) is 15.0 Å². The first-order chi connectivity index (χ1) is 9.86. The van der Waals surface area contributed by atoms with Gasteiger partial charge in [0, 0.05) is 32.1 Å². The summed E-state index contributed by atoms with van der Waals surface area (Å²) < 4.78 is 38.0. The van der Waals surface area contributed by atoms with Gasteiger partial charge in [-0.15, -0.1) is 0 Å². The fourth-order valence-corrected chi connectivity index (χ4v) is 1.74. The Hall–Kier alpha value is -2.38. The Labute approximate surface area is 119 Å². The molecule has 0 amide bonds.